The average molecular weight is 387 g/mol. The van der Waals surface area contributed by atoms with Crippen molar-refractivity contribution in [2.75, 3.05) is 0 Å². The van der Waals surface area contributed by atoms with Gasteiger partial charge in [-0.3, -0.25) is 19.9 Å². The third kappa shape index (κ3) is 3.50. The van der Waals surface area contributed by atoms with Gasteiger partial charge in [-0.2, -0.15) is 0 Å². The molecule has 1 aromatic heterocycles. The first-order valence-electron chi connectivity index (χ1n) is 9.73. The van der Waals surface area contributed by atoms with E-state index >= 15 is 0 Å². The van der Waals surface area contributed by atoms with Crippen LogP contribution in [0.3, 0.4) is 0 Å². The number of hydrogen-bond donors (Lipinski definition) is 3. The standard InChI is InChI=1S/C20H26N4O2S/c1-3-11(2)27-20-23-18-17(19(26)24-20)15(12-7-9-21-10-8-12)16-13(22-18)5-4-6-14(16)25/h7-11,15,17-18,20,22-23H,3-6H2,1-2H3,(H,24,26). The van der Waals surface area contributed by atoms with E-state index in [9.17, 15) is 9.59 Å². The van der Waals surface area contributed by atoms with Crippen molar-refractivity contribution in [3.8, 4) is 0 Å². The first-order valence-corrected chi connectivity index (χ1v) is 10.7. The Balaban J connectivity index is 1.71. The molecule has 4 rings (SSSR count). The normalized spacial score (nSPS) is 31.5. The maximum atomic E-state index is 13.1. The Morgan fingerprint density at radius 1 is 1.22 bits per heavy atom. The van der Waals surface area contributed by atoms with Gasteiger partial charge in [-0.1, -0.05) is 13.8 Å². The van der Waals surface area contributed by atoms with E-state index < -0.39 is 0 Å². The highest BCUT2D eigenvalue weighted by Gasteiger charge is 2.49. The number of hydrogen-bond acceptors (Lipinski definition) is 6. The van der Waals surface area contributed by atoms with Crippen molar-refractivity contribution in [2.24, 2.45) is 5.92 Å². The smallest absolute Gasteiger partial charge is 0.229 e. The molecular weight excluding hydrogens is 360 g/mol. The van der Waals surface area contributed by atoms with Gasteiger partial charge in [0, 0.05) is 41.3 Å². The van der Waals surface area contributed by atoms with Gasteiger partial charge in [-0.15, -0.1) is 11.8 Å². The van der Waals surface area contributed by atoms with Crippen LogP contribution in [0.4, 0.5) is 0 Å². The summed E-state index contributed by atoms with van der Waals surface area (Å²) in [6, 6.07) is 3.85. The molecule has 3 heterocycles. The summed E-state index contributed by atoms with van der Waals surface area (Å²) in [5.41, 5.74) is 2.65. The number of nitrogens with zero attached hydrogens (tertiary/aromatic N) is 1. The minimum Gasteiger partial charge on any atom is -0.372 e. The van der Waals surface area contributed by atoms with Crippen molar-refractivity contribution < 1.29 is 9.59 Å². The topological polar surface area (TPSA) is 83.1 Å². The highest BCUT2D eigenvalue weighted by Crippen LogP contribution is 2.43. The molecule has 0 radical (unpaired) electrons. The van der Waals surface area contributed by atoms with E-state index in [4.69, 9.17) is 0 Å². The van der Waals surface area contributed by atoms with Crippen LogP contribution in [0.25, 0.3) is 0 Å². The quantitative estimate of drug-likeness (QED) is 0.736. The SMILES string of the molecule is CCC(C)SC1NC(=O)C2C(NC3=C(C(=O)CCC3)C2c2ccncc2)N1. The molecule has 5 atom stereocenters. The molecule has 3 N–H and O–H groups in total. The summed E-state index contributed by atoms with van der Waals surface area (Å²) >= 11 is 1.73. The zero-order valence-electron chi connectivity index (χ0n) is 15.7. The molecule has 1 fully saturated rings. The summed E-state index contributed by atoms with van der Waals surface area (Å²) in [4.78, 5) is 30.0. The first-order chi connectivity index (χ1) is 13.1. The Labute approximate surface area is 164 Å². The highest BCUT2D eigenvalue weighted by molar-refractivity contribution is 8.00. The van der Waals surface area contributed by atoms with E-state index in [1.54, 1.807) is 24.2 Å². The van der Waals surface area contributed by atoms with Crippen LogP contribution in [0.2, 0.25) is 0 Å². The highest BCUT2D eigenvalue weighted by atomic mass is 32.2. The number of Topliss-reactive ketones (excluding diaryl/α,β-unsaturated/α-hetero) is 1. The third-order valence-electron chi connectivity index (χ3n) is 5.73. The Morgan fingerprint density at radius 3 is 2.74 bits per heavy atom. The van der Waals surface area contributed by atoms with Gasteiger partial charge < -0.3 is 10.6 Å². The van der Waals surface area contributed by atoms with Crippen LogP contribution in [0.1, 0.15) is 51.0 Å². The number of carbonyl (C=O) groups is 2. The number of pyridine rings is 1. The van der Waals surface area contributed by atoms with Gasteiger partial charge in [-0.25, -0.2) is 0 Å². The predicted molar refractivity (Wildman–Crippen MR) is 106 cm³/mol. The van der Waals surface area contributed by atoms with Gasteiger partial charge in [0.25, 0.3) is 0 Å². The molecular formula is C20H26N4O2S. The lowest BCUT2D eigenvalue weighted by Crippen LogP contribution is -2.68. The molecule has 3 aliphatic rings. The molecule has 0 spiro atoms. The van der Waals surface area contributed by atoms with Crippen LogP contribution in [-0.4, -0.2) is 33.6 Å². The van der Waals surface area contributed by atoms with Crippen LogP contribution < -0.4 is 16.0 Å². The molecule has 27 heavy (non-hydrogen) atoms. The maximum absolute atomic E-state index is 13.1. The van der Waals surface area contributed by atoms with E-state index in [1.807, 2.05) is 12.1 Å². The second-order valence-corrected chi connectivity index (χ2v) is 9.03. The number of ketones is 1. The van der Waals surface area contributed by atoms with Crippen LogP contribution in [0.15, 0.2) is 35.8 Å². The van der Waals surface area contributed by atoms with Crippen molar-refractivity contribution >= 4 is 23.5 Å². The number of allylic oxidation sites excluding steroid dienone is 2. The molecule has 0 saturated carbocycles. The summed E-state index contributed by atoms with van der Waals surface area (Å²) in [6.45, 7) is 4.31. The monoisotopic (exact) mass is 386 g/mol. The van der Waals surface area contributed by atoms with Crippen molar-refractivity contribution in [1.29, 1.82) is 0 Å². The fourth-order valence-corrected chi connectivity index (χ4v) is 5.32. The lowest BCUT2D eigenvalue weighted by Gasteiger charge is -2.47. The minimum absolute atomic E-state index is 0.00112. The molecule has 1 saturated heterocycles. The number of amides is 1. The number of carbonyl (C=O) groups excluding carboxylic acids is 2. The zero-order valence-corrected chi connectivity index (χ0v) is 16.5. The summed E-state index contributed by atoms with van der Waals surface area (Å²) in [5.74, 6) is -0.433. The molecule has 0 aromatic carbocycles. The van der Waals surface area contributed by atoms with E-state index in [0.717, 1.165) is 36.1 Å². The van der Waals surface area contributed by atoms with Gasteiger partial charge in [0.15, 0.2) is 5.78 Å². The van der Waals surface area contributed by atoms with Crippen molar-refractivity contribution in [2.45, 2.75) is 62.4 Å². The first kappa shape index (κ1) is 18.5. The predicted octanol–water partition coefficient (Wildman–Crippen LogP) is 2.25. The lowest BCUT2D eigenvalue weighted by molar-refractivity contribution is -0.130. The van der Waals surface area contributed by atoms with Crippen LogP contribution in [0, 0.1) is 5.92 Å². The van der Waals surface area contributed by atoms with Gasteiger partial charge in [0.2, 0.25) is 5.91 Å². The van der Waals surface area contributed by atoms with E-state index in [0.29, 0.717) is 11.7 Å². The van der Waals surface area contributed by atoms with Crippen LogP contribution in [-0.2, 0) is 9.59 Å². The molecule has 1 aromatic rings. The number of fused-ring (bicyclic) bond motifs is 1. The number of thioether (sulfide) groups is 1. The van der Waals surface area contributed by atoms with E-state index in [-0.39, 0.29) is 35.2 Å². The van der Waals surface area contributed by atoms with Crippen LogP contribution in [0.5, 0.6) is 0 Å². The van der Waals surface area contributed by atoms with Gasteiger partial charge in [0.05, 0.1) is 12.1 Å². The summed E-state index contributed by atoms with van der Waals surface area (Å²) in [6.07, 6.45) is 6.61. The van der Waals surface area contributed by atoms with Crippen LogP contribution >= 0.6 is 11.8 Å². The average Bonchev–Trinajstić information content (AvgIpc) is 2.67. The van der Waals surface area contributed by atoms with Gasteiger partial charge >= 0.3 is 0 Å². The Kier molecular flexibility index (Phi) is 5.23. The Morgan fingerprint density at radius 2 is 2.00 bits per heavy atom. The lowest BCUT2D eigenvalue weighted by atomic mass is 9.71. The number of aromatic nitrogens is 1. The maximum Gasteiger partial charge on any atom is 0.229 e. The molecule has 0 bridgehead atoms. The van der Waals surface area contributed by atoms with Gasteiger partial charge in [-0.05, 0) is 37.0 Å². The summed E-state index contributed by atoms with van der Waals surface area (Å²) < 4.78 is 0. The molecule has 6 nitrogen and oxygen atoms in total. The molecule has 7 heteroatoms. The van der Waals surface area contributed by atoms with Gasteiger partial charge in [0.1, 0.15) is 5.50 Å². The summed E-state index contributed by atoms with van der Waals surface area (Å²) in [7, 11) is 0. The molecule has 2 aliphatic heterocycles. The zero-order chi connectivity index (χ0) is 19.0. The second-order valence-electron chi connectivity index (χ2n) is 7.49. The van der Waals surface area contributed by atoms with E-state index in [1.165, 1.54) is 0 Å². The molecule has 5 unspecified atom stereocenters. The fourth-order valence-electron chi connectivity index (χ4n) is 4.25. The number of rotatable bonds is 4. The van der Waals surface area contributed by atoms with Crippen molar-refractivity contribution in [3.63, 3.8) is 0 Å². The second kappa shape index (κ2) is 7.64. The minimum atomic E-state index is -0.359. The third-order valence-corrected chi connectivity index (χ3v) is 7.05. The largest absolute Gasteiger partial charge is 0.372 e. The number of nitrogens with one attached hydrogen (secondary N) is 3. The Hall–Kier alpha value is -1.86. The molecule has 1 amide bonds. The fraction of sp³-hybridized carbons (Fsp3) is 0.550. The van der Waals surface area contributed by atoms with E-state index in [2.05, 4.69) is 34.8 Å². The van der Waals surface area contributed by atoms with Crippen molar-refractivity contribution in [3.05, 3.63) is 41.4 Å². The van der Waals surface area contributed by atoms with Crippen molar-refractivity contribution in [1.82, 2.24) is 20.9 Å². The Bertz CT molecular complexity index is 767. The summed E-state index contributed by atoms with van der Waals surface area (Å²) in [5, 5.41) is 10.6. The molecule has 1 aliphatic carbocycles. The molecule has 144 valence electrons.